The summed E-state index contributed by atoms with van der Waals surface area (Å²) in [6, 6.07) is 1.52. The van der Waals surface area contributed by atoms with Gasteiger partial charge in [0.2, 0.25) is 5.91 Å². The molecule has 0 unspecified atom stereocenters. The van der Waals surface area contributed by atoms with Crippen molar-refractivity contribution < 1.29 is 9.59 Å². The normalized spacial score (nSPS) is 26.8. The molecule has 136 valence electrons. The van der Waals surface area contributed by atoms with Gasteiger partial charge in [0.05, 0.1) is 22.0 Å². The van der Waals surface area contributed by atoms with E-state index in [9.17, 15) is 9.59 Å². The molecule has 3 rings (SSSR count). The van der Waals surface area contributed by atoms with Crippen molar-refractivity contribution in [2.24, 2.45) is 5.41 Å². The Balaban J connectivity index is 1.94. The van der Waals surface area contributed by atoms with Gasteiger partial charge in [0.1, 0.15) is 0 Å². The monoisotopic (exact) mass is 364 g/mol. The second-order valence-corrected chi connectivity index (χ2v) is 7.47. The lowest BCUT2D eigenvalue weighted by molar-refractivity contribution is -0.142. The Morgan fingerprint density at radius 3 is 2.88 bits per heavy atom. The van der Waals surface area contributed by atoms with E-state index in [2.05, 4.69) is 15.2 Å². The fourth-order valence-corrected chi connectivity index (χ4v) is 4.35. The van der Waals surface area contributed by atoms with E-state index in [1.165, 1.54) is 6.20 Å². The fraction of sp³-hybridized carbons (Fsp3) is 0.611. The van der Waals surface area contributed by atoms with Gasteiger partial charge < -0.3 is 15.1 Å². The van der Waals surface area contributed by atoms with Gasteiger partial charge in [-0.3, -0.25) is 14.6 Å². The SMILES string of the molecule is CCNC(=O)[C@@]12CCCN(C(=O)c3cncc(Cl)c3)[C@@H]1CN(C)CC2. The summed E-state index contributed by atoms with van der Waals surface area (Å²) in [5.41, 5.74) is -0.0185. The van der Waals surface area contributed by atoms with E-state index >= 15 is 0 Å². The first-order valence-corrected chi connectivity index (χ1v) is 9.24. The smallest absolute Gasteiger partial charge is 0.255 e. The molecule has 0 bridgehead atoms. The minimum Gasteiger partial charge on any atom is -0.356 e. The molecular formula is C18H25ClN4O2. The van der Waals surface area contributed by atoms with Crippen molar-refractivity contribution in [3.63, 3.8) is 0 Å². The summed E-state index contributed by atoms with van der Waals surface area (Å²) in [7, 11) is 2.04. The third-order valence-electron chi connectivity index (χ3n) is 5.46. The molecule has 0 spiro atoms. The lowest BCUT2D eigenvalue weighted by Crippen LogP contribution is -2.66. The number of likely N-dealkylation sites (tertiary alicyclic amines) is 2. The highest BCUT2D eigenvalue weighted by Crippen LogP contribution is 2.43. The van der Waals surface area contributed by atoms with Crippen molar-refractivity contribution in [3.8, 4) is 0 Å². The molecule has 2 saturated heterocycles. The predicted octanol–water partition coefficient (Wildman–Crippen LogP) is 1.80. The van der Waals surface area contributed by atoms with Gasteiger partial charge >= 0.3 is 0 Å². The number of nitrogens with zero attached hydrogens (tertiary/aromatic N) is 3. The molecule has 3 heterocycles. The van der Waals surface area contributed by atoms with E-state index in [0.29, 0.717) is 30.2 Å². The largest absolute Gasteiger partial charge is 0.356 e. The van der Waals surface area contributed by atoms with Crippen LogP contribution in [-0.2, 0) is 4.79 Å². The average molecular weight is 365 g/mol. The Kier molecular flexibility index (Phi) is 5.29. The fourth-order valence-electron chi connectivity index (χ4n) is 4.18. The Hall–Kier alpha value is -1.66. The van der Waals surface area contributed by atoms with Crippen molar-refractivity contribution >= 4 is 23.4 Å². The zero-order chi connectivity index (χ0) is 18.0. The van der Waals surface area contributed by atoms with Crippen LogP contribution in [0.15, 0.2) is 18.5 Å². The van der Waals surface area contributed by atoms with E-state index in [4.69, 9.17) is 11.6 Å². The van der Waals surface area contributed by atoms with Crippen LogP contribution >= 0.6 is 11.6 Å². The first kappa shape index (κ1) is 18.1. The third kappa shape index (κ3) is 3.37. The summed E-state index contributed by atoms with van der Waals surface area (Å²) in [6.07, 6.45) is 5.49. The molecule has 0 saturated carbocycles. The van der Waals surface area contributed by atoms with Gasteiger partial charge in [-0.25, -0.2) is 0 Å². The highest BCUT2D eigenvalue weighted by atomic mass is 35.5. The molecule has 2 aliphatic heterocycles. The van der Waals surface area contributed by atoms with E-state index in [0.717, 1.165) is 25.8 Å². The highest BCUT2D eigenvalue weighted by Gasteiger charge is 2.53. The molecule has 2 atom stereocenters. The van der Waals surface area contributed by atoms with Crippen LogP contribution in [0.25, 0.3) is 0 Å². The first-order chi connectivity index (χ1) is 12.0. The van der Waals surface area contributed by atoms with Crippen LogP contribution in [0.4, 0.5) is 0 Å². The van der Waals surface area contributed by atoms with Crippen LogP contribution in [0, 0.1) is 5.41 Å². The number of piperidine rings is 2. The maximum atomic E-state index is 13.1. The standard InChI is InChI=1S/C18H25ClN4O2/c1-3-21-17(25)18-5-4-7-23(15(18)12-22(2)8-6-18)16(24)13-9-14(19)11-20-10-13/h9-11,15H,3-8,12H2,1-2H3,(H,21,25)/t15-,18-/m1/s1. The zero-order valence-corrected chi connectivity index (χ0v) is 15.6. The summed E-state index contributed by atoms with van der Waals surface area (Å²) < 4.78 is 0. The Bertz CT molecular complexity index is 668. The minimum absolute atomic E-state index is 0.0785. The molecular weight excluding hydrogens is 340 g/mol. The lowest BCUT2D eigenvalue weighted by atomic mass is 9.67. The second-order valence-electron chi connectivity index (χ2n) is 7.04. The van der Waals surface area contributed by atoms with Gasteiger partial charge in [0.25, 0.3) is 5.91 Å². The molecule has 25 heavy (non-hydrogen) atoms. The van der Waals surface area contributed by atoms with E-state index in [1.54, 1.807) is 12.3 Å². The molecule has 0 aliphatic carbocycles. The predicted molar refractivity (Wildman–Crippen MR) is 96.5 cm³/mol. The lowest BCUT2D eigenvalue weighted by Gasteiger charge is -2.53. The van der Waals surface area contributed by atoms with Gasteiger partial charge in [0, 0.05) is 32.0 Å². The number of likely N-dealkylation sites (N-methyl/N-ethyl adjacent to an activating group) is 1. The van der Waals surface area contributed by atoms with Crippen LogP contribution in [0.1, 0.15) is 36.5 Å². The molecule has 1 N–H and O–H groups in total. The van der Waals surface area contributed by atoms with Gasteiger partial charge in [-0.1, -0.05) is 11.6 Å². The average Bonchev–Trinajstić information content (AvgIpc) is 2.61. The molecule has 1 aromatic rings. The Morgan fingerprint density at radius 2 is 2.16 bits per heavy atom. The van der Waals surface area contributed by atoms with Crippen molar-refractivity contribution in [3.05, 3.63) is 29.0 Å². The third-order valence-corrected chi connectivity index (χ3v) is 5.67. The molecule has 6 nitrogen and oxygen atoms in total. The van der Waals surface area contributed by atoms with E-state index < -0.39 is 5.41 Å². The summed E-state index contributed by atoms with van der Waals surface area (Å²) in [4.78, 5) is 34.1. The molecule has 2 fully saturated rings. The van der Waals surface area contributed by atoms with E-state index in [-0.39, 0.29) is 17.9 Å². The molecule has 2 aliphatic rings. The Morgan fingerprint density at radius 1 is 1.36 bits per heavy atom. The number of nitrogens with one attached hydrogen (secondary N) is 1. The van der Waals surface area contributed by atoms with Crippen LogP contribution in [0.3, 0.4) is 0 Å². The number of carbonyl (C=O) groups excluding carboxylic acids is 2. The number of aromatic nitrogens is 1. The van der Waals surface area contributed by atoms with Crippen LogP contribution in [0.2, 0.25) is 5.02 Å². The summed E-state index contributed by atoms with van der Waals surface area (Å²) >= 11 is 6.00. The summed E-state index contributed by atoms with van der Waals surface area (Å²) in [6.45, 7) is 4.77. The number of hydrogen-bond acceptors (Lipinski definition) is 4. The maximum absolute atomic E-state index is 13.1. The number of amides is 2. The quantitative estimate of drug-likeness (QED) is 0.888. The number of halogens is 1. The van der Waals surface area contributed by atoms with Crippen molar-refractivity contribution in [1.29, 1.82) is 0 Å². The number of hydrogen-bond donors (Lipinski definition) is 1. The Labute approximate surface area is 153 Å². The van der Waals surface area contributed by atoms with Crippen LogP contribution in [-0.4, -0.2) is 65.9 Å². The number of rotatable bonds is 3. The van der Waals surface area contributed by atoms with Crippen molar-refractivity contribution in [2.45, 2.75) is 32.2 Å². The molecule has 1 aromatic heterocycles. The summed E-state index contributed by atoms with van der Waals surface area (Å²) in [5, 5.41) is 3.44. The zero-order valence-electron chi connectivity index (χ0n) is 14.8. The molecule has 0 radical (unpaired) electrons. The first-order valence-electron chi connectivity index (χ1n) is 8.86. The van der Waals surface area contributed by atoms with Crippen molar-refractivity contribution in [2.75, 3.05) is 33.2 Å². The second kappa shape index (κ2) is 7.30. The summed E-state index contributed by atoms with van der Waals surface area (Å²) in [5.74, 6) is -0.0153. The topological polar surface area (TPSA) is 65.5 Å². The highest BCUT2D eigenvalue weighted by molar-refractivity contribution is 6.30. The van der Waals surface area contributed by atoms with Gasteiger partial charge in [-0.15, -0.1) is 0 Å². The van der Waals surface area contributed by atoms with Gasteiger partial charge in [-0.05, 0) is 45.8 Å². The van der Waals surface area contributed by atoms with Crippen LogP contribution in [0.5, 0.6) is 0 Å². The molecule has 2 amide bonds. The van der Waals surface area contributed by atoms with Crippen molar-refractivity contribution in [1.82, 2.24) is 20.1 Å². The number of pyridine rings is 1. The van der Waals surface area contributed by atoms with E-state index in [1.807, 2.05) is 18.9 Å². The minimum atomic E-state index is -0.498. The maximum Gasteiger partial charge on any atom is 0.255 e. The van der Waals surface area contributed by atoms with Crippen LogP contribution < -0.4 is 5.32 Å². The number of fused-ring (bicyclic) bond motifs is 1. The number of carbonyl (C=O) groups is 2. The molecule has 7 heteroatoms. The molecule has 0 aromatic carbocycles. The van der Waals surface area contributed by atoms with Gasteiger partial charge in [-0.2, -0.15) is 0 Å². The van der Waals surface area contributed by atoms with Gasteiger partial charge in [0.15, 0.2) is 0 Å².